The van der Waals surface area contributed by atoms with E-state index in [0.717, 1.165) is 13.1 Å². The minimum atomic E-state index is 0.108. The average Bonchev–Trinajstić information content (AvgIpc) is 2.54. The molecule has 13 heavy (non-hydrogen) atoms. The second-order valence-corrected chi connectivity index (χ2v) is 4.93. The van der Waals surface area contributed by atoms with Crippen molar-refractivity contribution in [2.24, 2.45) is 5.73 Å². The van der Waals surface area contributed by atoms with E-state index in [2.05, 4.69) is 22.8 Å². The Morgan fingerprint density at radius 2 is 2.38 bits per heavy atom. The van der Waals surface area contributed by atoms with Gasteiger partial charge in [-0.15, -0.1) is 11.3 Å². The van der Waals surface area contributed by atoms with Gasteiger partial charge in [-0.3, -0.25) is 0 Å². The zero-order valence-corrected chi connectivity index (χ0v) is 8.57. The fourth-order valence-corrected chi connectivity index (χ4v) is 2.33. The molecule has 3 N–H and O–H groups in total. The lowest BCUT2D eigenvalue weighted by molar-refractivity contribution is 0.239. The van der Waals surface area contributed by atoms with Crippen molar-refractivity contribution in [3.05, 3.63) is 22.4 Å². The summed E-state index contributed by atoms with van der Waals surface area (Å²) in [6.07, 6.45) is 3.67. The molecule has 1 aliphatic carbocycles. The maximum absolute atomic E-state index is 6.08. The summed E-state index contributed by atoms with van der Waals surface area (Å²) in [6, 6.07) is 4.24. The van der Waals surface area contributed by atoms with E-state index in [0.29, 0.717) is 0 Å². The van der Waals surface area contributed by atoms with Crippen LogP contribution in [0, 0.1) is 0 Å². The molecule has 2 rings (SSSR count). The standard InChI is InChI=1S/C10H16N2S/c11-10(4-2-5-10)8-12-7-9-3-1-6-13-9/h1,3,6,12H,2,4-5,7-8,11H2. The Balaban J connectivity index is 1.69. The monoisotopic (exact) mass is 196 g/mol. The second kappa shape index (κ2) is 3.78. The number of rotatable bonds is 4. The Kier molecular flexibility index (Phi) is 2.67. The lowest BCUT2D eigenvalue weighted by Gasteiger charge is -2.38. The van der Waals surface area contributed by atoms with Gasteiger partial charge in [-0.05, 0) is 30.7 Å². The van der Waals surface area contributed by atoms with Gasteiger partial charge < -0.3 is 11.1 Å². The molecule has 1 fully saturated rings. The quantitative estimate of drug-likeness (QED) is 0.769. The zero-order chi connectivity index (χ0) is 9.15. The molecule has 1 saturated carbocycles. The van der Waals surface area contributed by atoms with Crippen molar-refractivity contribution in [1.29, 1.82) is 0 Å². The van der Waals surface area contributed by atoms with Crippen molar-refractivity contribution >= 4 is 11.3 Å². The SMILES string of the molecule is NC1(CNCc2cccs2)CCC1. The summed E-state index contributed by atoms with van der Waals surface area (Å²) in [5, 5.41) is 5.53. The third-order valence-corrected chi connectivity index (χ3v) is 3.58. The van der Waals surface area contributed by atoms with Crippen molar-refractivity contribution in [2.45, 2.75) is 31.3 Å². The molecule has 0 radical (unpaired) electrons. The Bertz CT molecular complexity index is 252. The largest absolute Gasteiger partial charge is 0.324 e. The number of hydrogen-bond acceptors (Lipinski definition) is 3. The van der Waals surface area contributed by atoms with Crippen molar-refractivity contribution in [2.75, 3.05) is 6.54 Å². The number of thiophene rings is 1. The van der Waals surface area contributed by atoms with Gasteiger partial charge in [-0.2, -0.15) is 0 Å². The molecule has 0 spiro atoms. The third-order valence-electron chi connectivity index (χ3n) is 2.71. The molecular weight excluding hydrogens is 180 g/mol. The highest BCUT2D eigenvalue weighted by molar-refractivity contribution is 7.09. The van der Waals surface area contributed by atoms with Crippen molar-refractivity contribution in [3.8, 4) is 0 Å². The van der Waals surface area contributed by atoms with Crippen LogP contribution in [0.5, 0.6) is 0 Å². The Morgan fingerprint density at radius 1 is 1.54 bits per heavy atom. The Morgan fingerprint density at radius 3 is 2.92 bits per heavy atom. The maximum atomic E-state index is 6.08. The van der Waals surface area contributed by atoms with Gasteiger partial charge in [0.1, 0.15) is 0 Å². The highest BCUT2D eigenvalue weighted by Gasteiger charge is 2.31. The molecule has 0 aromatic carbocycles. The van der Waals surface area contributed by atoms with E-state index < -0.39 is 0 Å². The van der Waals surface area contributed by atoms with Crippen molar-refractivity contribution in [1.82, 2.24) is 5.32 Å². The molecule has 2 nitrogen and oxygen atoms in total. The average molecular weight is 196 g/mol. The number of nitrogens with one attached hydrogen (secondary N) is 1. The summed E-state index contributed by atoms with van der Waals surface area (Å²) < 4.78 is 0. The highest BCUT2D eigenvalue weighted by Crippen LogP contribution is 2.28. The first-order valence-electron chi connectivity index (χ1n) is 4.81. The van der Waals surface area contributed by atoms with Gasteiger partial charge >= 0.3 is 0 Å². The summed E-state index contributed by atoms with van der Waals surface area (Å²) in [4.78, 5) is 1.39. The van der Waals surface area contributed by atoms with E-state index >= 15 is 0 Å². The lowest BCUT2D eigenvalue weighted by atomic mass is 9.78. The van der Waals surface area contributed by atoms with Crippen molar-refractivity contribution < 1.29 is 0 Å². The van der Waals surface area contributed by atoms with E-state index in [9.17, 15) is 0 Å². The molecule has 0 saturated heterocycles. The van der Waals surface area contributed by atoms with Crippen LogP contribution in [0.25, 0.3) is 0 Å². The molecule has 0 unspecified atom stereocenters. The molecule has 1 aromatic heterocycles. The fraction of sp³-hybridized carbons (Fsp3) is 0.600. The Hall–Kier alpha value is -0.380. The van der Waals surface area contributed by atoms with Gasteiger partial charge in [0.25, 0.3) is 0 Å². The fourth-order valence-electron chi connectivity index (χ4n) is 1.66. The predicted octanol–water partition coefficient (Wildman–Crippen LogP) is 1.72. The van der Waals surface area contributed by atoms with Crippen LogP contribution in [0.3, 0.4) is 0 Å². The van der Waals surface area contributed by atoms with E-state index in [4.69, 9.17) is 5.73 Å². The van der Waals surface area contributed by atoms with Gasteiger partial charge in [-0.25, -0.2) is 0 Å². The van der Waals surface area contributed by atoms with E-state index in [1.54, 1.807) is 11.3 Å². The molecule has 3 heteroatoms. The molecule has 1 aromatic rings. The smallest absolute Gasteiger partial charge is 0.0300 e. The molecule has 0 atom stereocenters. The summed E-state index contributed by atoms with van der Waals surface area (Å²) in [7, 11) is 0. The third kappa shape index (κ3) is 2.30. The summed E-state index contributed by atoms with van der Waals surface area (Å²) >= 11 is 1.80. The maximum Gasteiger partial charge on any atom is 0.0300 e. The summed E-state index contributed by atoms with van der Waals surface area (Å²) in [6.45, 7) is 1.93. The van der Waals surface area contributed by atoms with Gasteiger partial charge in [0.2, 0.25) is 0 Å². The topological polar surface area (TPSA) is 38.0 Å². The van der Waals surface area contributed by atoms with Crippen molar-refractivity contribution in [3.63, 3.8) is 0 Å². The molecule has 0 amide bonds. The van der Waals surface area contributed by atoms with Crippen LogP contribution in [0.1, 0.15) is 24.1 Å². The number of nitrogens with two attached hydrogens (primary N) is 1. The summed E-state index contributed by atoms with van der Waals surface area (Å²) in [5.74, 6) is 0. The first kappa shape index (κ1) is 9.19. The van der Waals surface area contributed by atoms with Gasteiger partial charge in [0, 0.05) is 23.5 Å². The van der Waals surface area contributed by atoms with E-state index in [1.165, 1.54) is 24.1 Å². The van der Waals surface area contributed by atoms with Crippen LogP contribution in [-0.4, -0.2) is 12.1 Å². The molecule has 72 valence electrons. The normalized spacial score (nSPS) is 19.8. The summed E-state index contributed by atoms with van der Waals surface area (Å²) in [5.41, 5.74) is 6.19. The minimum absolute atomic E-state index is 0.108. The molecule has 0 bridgehead atoms. The molecule has 1 aliphatic rings. The lowest BCUT2D eigenvalue weighted by Crippen LogP contribution is -2.53. The molecular formula is C10H16N2S. The molecule has 1 heterocycles. The van der Waals surface area contributed by atoms with Crippen LogP contribution in [0.15, 0.2) is 17.5 Å². The molecule has 0 aliphatic heterocycles. The Labute approximate surface area is 83.1 Å². The van der Waals surface area contributed by atoms with Gasteiger partial charge in [0.05, 0.1) is 0 Å². The van der Waals surface area contributed by atoms with Crippen LogP contribution in [0.2, 0.25) is 0 Å². The highest BCUT2D eigenvalue weighted by atomic mass is 32.1. The predicted molar refractivity (Wildman–Crippen MR) is 56.8 cm³/mol. The van der Waals surface area contributed by atoms with Crippen LogP contribution < -0.4 is 11.1 Å². The first-order chi connectivity index (χ1) is 6.29. The van der Waals surface area contributed by atoms with Crippen LogP contribution >= 0.6 is 11.3 Å². The number of hydrogen-bond donors (Lipinski definition) is 2. The first-order valence-corrected chi connectivity index (χ1v) is 5.68. The van der Waals surface area contributed by atoms with E-state index in [1.807, 2.05) is 0 Å². The van der Waals surface area contributed by atoms with Crippen LogP contribution in [0.4, 0.5) is 0 Å². The minimum Gasteiger partial charge on any atom is -0.324 e. The van der Waals surface area contributed by atoms with Gasteiger partial charge in [0.15, 0.2) is 0 Å². The zero-order valence-electron chi connectivity index (χ0n) is 7.75. The second-order valence-electron chi connectivity index (χ2n) is 3.90. The van der Waals surface area contributed by atoms with Gasteiger partial charge in [-0.1, -0.05) is 6.07 Å². The van der Waals surface area contributed by atoms with E-state index in [-0.39, 0.29) is 5.54 Å². The van der Waals surface area contributed by atoms with Crippen LogP contribution in [-0.2, 0) is 6.54 Å².